The first-order valence-corrected chi connectivity index (χ1v) is 8.16. The van der Waals surface area contributed by atoms with Crippen molar-refractivity contribution in [3.05, 3.63) is 60.2 Å². The summed E-state index contributed by atoms with van der Waals surface area (Å²) in [5, 5.41) is 7.23. The number of benzene rings is 1. The minimum absolute atomic E-state index is 0.282. The molecule has 1 amide bonds. The van der Waals surface area contributed by atoms with Crippen LogP contribution in [0.2, 0.25) is 0 Å². The highest BCUT2D eigenvalue weighted by molar-refractivity contribution is 5.81. The lowest BCUT2D eigenvalue weighted by Crippen LogP contribution is -2.31. The molecule has 0 aliphatic carbocycles. The highest BCUT2D eigenvalue weighted by Crippen LogP contribution is 2.24. The van der Waals surface area contributed by atoms with Crippen molar-refractivity contribution >= 4 is 5.91 Å². The van der Waals surface area contributed by atoms with E-state index >= 15 is 0 Å². The Morgan fingerprint density at radius 3 is 2.46 bits per heavy atom. The van der Waals surface area contributed by atoms with Crippen molar-refractivity contribution in [1.82, 2.24) is 20.1 Å². The molecular formula is C19H20FN5O. The summed E-state index contributed by atoms with van der Waals surface area (Å²) in [7, 11) is 3.76. The van der Waals surface area contributed by atoms with Crippen LogP contribution in [-0.4, -0.2) is 46.6 Å². The number of hydrogen-bond donors (Lipinski definition) is 2. The van der Waals surface area contributed by atoms with Crippen LogP contribution in [0.5, 0.6) is 0 Å². The van der Waals surface area contributed by atoms with Crippen LogP contribution < -0.4 is 5.73 Å². The molecule has 0 aliphatic heterocycles. The van der Waals surface area contributed by atoms with Gasteiger partial charge in [-0.3, -0.25) is 14.9 Å². The molecular weight excluding hydrogens is 333 g/mol. The molecule has 26 heavy (non-hydrogen) atoms. The SMILES string of the molecule is CN(C)CC(C(N)=O)c1ccc(-c2cc(-c3ccc(F)cc3)[nH]n2)cn1. The first-order valence-electron chi connectivity index (χ1n) is 8.16. The van der Waals surface area contributed by atoms with Crippen LogP contribution in [0, 0.1) is 5.82 Å². The van der Waals surface area contributed by atoms with Crippen molar-refractivity contribution in [2.24, 2.45) is 5.73 Å². The fourth-order valence-corrected chi connectivity index (χ4v) is 2.70. The predicted molar refractivity (Wildman–Crippen MR) is 97.7 cm³/mol. The van der Waals surface area contributed by atoms with Crippen LogP contribution in [0.3, 0.4) is 0 Å². The Morgan fingerprint density at radius 2 is 1.88 bits per heavy atom. The van der Waals surface area contributed by atoms with Gasteiger partial charge in [-0.05, 0) is 62.1 Å². The summed E-state index contributed by atoms with van der Waals surface area (Å²) in [6.07, 6.45) is 1.67. The number of amides is 1. The van der Waals surface area contributed by atoms with Gasteiger partial charge in [-0.15, -0.1) is 0 Å². The Kier molecular flexibility index (Phi) is 5.09. The molecule has 0 saturated carbocycles. The van der Waals surface area contributed by atoms with Crippen LogP contribution in [-0.2, 0) is 4.79 Å². The molecule has 3 N–H and O–H groups in total. The second-order valence-electron chi connectivity index (χ2n) is 6.36. The lowest BCUT2D eigenvalue weighted by atomic mass is 10.0. The number of nitrogens with two attached hydrogens (primary N) is 1. The number of aromatic amines is 1. The van der Waals surface area contributed by atoms with Crippen molar-refractivity contribution in [3.8, 4) is 22.5 Å². The van der Waals surface area contributed by atoms with Crippen molar-refractivity contribution in [1.29, 1.82) is 0 Å². The van der Waals surface area contributed by atoms with Crippen molar-refractivity contribution in [3.63, 3.8) is 0 Å². The average Bonchev–Trinajstić information content (AvgIpc) is 3.10. The maximum absolute atomic E-state index is 13.0. The summed E-state index contributed by atoms with van der Waals surface area (Å²) < 4.78 is 13.0. The number of H-pyrrole nitrogens is 1. The highest BCUT2D eigenvalue weighted by atomic mass is 19.1. The van der Waals surface area contributed by atoms with Gasteiger partial charge < -0.3 is 10.6 Å². The summed E-state index contributed by atoms with van der Waals surface area (Å²) in [6, 6.07) is 11.7. The minimum Gasteiger partial charge on any atom is -0.369 e. The van der Waals surface area contributed by atoms with Gasteiger partial charge in [0.25, 0.3) is 0 Å². The fourth-order valence-electron chi connectivity index (χ4n) is 2.70. The van der Waals surface area contributed by atoms with E-state index in [1.165, 1.54) is 12.1 Å². The van der Waals surface area contributed by atoms with E-state index in [9.17, 15) is 9.18 Å². The summed E-state index contributed by atoms with van der Waals surface area (Å²) >= 11 is 0. The van der Waals surface area contributed by atoms with E-state index in [1.54, 1.807) is 24.4 Å². The predicted octanol–water partition coefficient (Wildman–Crippen LogP) is 2.41. The number of likely N-dealkylation sites (N-methyl/N-ethyl adjacent to an activating group) is 1. The standard InChI is InChI=1S/C19H20FN5O/c1-25(2)11-15(19(21)26)16-8-5-13(10-22-16)18-9-17(23-24-18)12-3-6-14(20)7-4-12/h3-10,15H,11H2,1-2H3,(H2,21,26)(H,23,24). The van der Waals surface area contributed by atoms with E-state index in [2.05, 4.69) is 15.2 Å². The molecule has 7 heteroatoms. The molecule has 0 aliphatic rings. The summed E-state index contributed by atoms with van der Waals surface area (Å²) in [5.74, 6) is -1.15. The molecule has 1 atom stereocenters. The molecule has 3 aromatic rings. The van der Waals surface area contributed by atoms with E-state index in [-0.39, 0.29) is 5.82 Å². The molecule has 1 unspecified atom stereocenters. The third-order valence-electron chi connectivity index (χ3n) is 4.06. The zero-order valence-electron chi connectivity index (χ0n) is 14.6. The Labute approximate surface area is 150 Å². The maximum Gasteiger partial charge on any atom is 0.227 e. The highest BCUT2D eigenvalue weighted by Gasteiger charge is 2.20. The van der Waals surface area contributed by atoms with E-state index < -0.39 is 11.8 Å². The van der Waals surface area contributed by atoms with Crippen LogP contribution in [0.4, 0.5) is 4.39 Å². The number of pyridine rings is 1. The maximum atomic E-state index is 13.0. The molecule has 0 fully saturated rings. The monoisotopic (exact) mass is 353 g/mol. The number of carbonyl (C=O) groups excluding carboxylic acids is 1. The quantitative estimate of drug-likeness (QED) is 0.712. The fraction of sp³-hybridized carbons (Fsp3) is 0.211. The summed E-state index contributed by atoms with van der Waals surface area (Å²) in [5.41, 5.74) is 9.28. The lowest BCUT2D eigenvalue weighted by molar-refractivity contribution is -0.119. The number of primary amides is 1. The molecule has 6 nitrogen and oxygen atoms in total. The number of halogens is 1. The molecule has 1 aromatic carbocycles. The minimum atomic E-state index is -0.465. The Bertz CT molecular complexity index is 887. The van der Waals surface area contributed by atoms with Gasteiger partial charge in [0.2, 0.25) is 5.91 Å². The molecule has 2 heterocycles. The summed E-state index contributed by atoms with van der Waals surface area (Å²) in [4.78, 5) is 18.0. The van der Waals surface area contributed by atoms with Crippen LogP contribution >= 0.6 is 0 Å². The zero-order valence-corrected chi connectivity index (χ0v) is 14.6. The van der Waals surface area contributed by atoms with E-state index in [0.717, 1.165) is 16.8 Å². The van der Waals surface area contributed by atoms with Crippen LogP contribution in [0.25, 0.3) is 22.5 Å². The number of nitrogens with one attached hydrogen (secondary N) is 1. The molecule has 0 saturated heterocycles. The van der Waals surface area contributed by atoms with Gasteiger partial charge in [0.05, 0.1) is 23.0 Å². The summed E-state index contributed by atoms with van der Waals surface area (Å²) in [6.45, 7) is 0.499. The van der Waals surface area contributed by atoms with Crippen LogP contribution in [0.1, 0.15) is 11.6 Å². The third-order valence-corrected chi connectivity index (χ3v) is 4.06. The third kappa shape index (κ3) is 3.94. The molecule has 2 aromatic heterocycles. The average molecular weight is 353 g/mol. The normalized spacial score (nSPS) is 12.3. The largest absolute Gasteiger partial charge is 0.369 e. The van der Waals surface area contributed by atoms with E-state index in [4.69, 9.17) is 5.73 Å². The molecule has 3 rings (SSSR count). The van der Waals surface area contributed by atoms with Gasteiger partial charge in [-0.2, -0.15) is 5.10 Å². The van der Waals surface area contributed by atoms with Gasteiger partial charge in [0, 0.05) is 18.3 Å². The van der Waals surface area contributed by atoms with E-state index in [0.29, 0.717) is 17.9 Å². The zero-order chi connectivity index (χ0) is 18.7. The smallest absolute Gasteiger partial charge is 0.227 e. The van der Waals surface area contributed by atoms with Gasteiger partial charge >= 0.3 is 0 Å². The Hall–Kier alpha value is -3.06. The lowest BCUT2D eigenvalue weighted by Gasteiger charge is -2.17. The second-order valence-corrected chi connectivity index (χ2v) is 6.36. The van der Waals surface area contributed by atoms with Gasteiger partial charge in [0.1, 0.15) is 5.82 Å². The van der Waals surface area contributed by atoms with Gasteiger partial charge in [-0.1, -0.05) is 0 Å². The topological polar surface area (TPSA) is 87.9 Å². The van der Waals surface area contributed by atoms with Gasteiger partial charge in [0.15, 0.2) is 0 Å². The Balaban J connectivity index is 1.82. The number of aromatic nitrogens is 3. The van der Waals surface area contributed by atoms with Crippen molar-refractivity contribution < 1.29 is 9.18 Å². The first-order chi connectivity index (χ1) is 12.4. The molecule has 0 radical (unpaired) electrons. The number of hydrogen-bond acceptors (Lipinski definition) is 4. The molecule has 134 valence electrons. The number of rotatable bonds is 6. The second kappa shape index (κ2) is 7.45. The number of carbonyl (C=O) groups is 1. The van der Waals surface area contributed by atoms with Crippen molar-refractivity contribution in [2.75, 3.05) is 20.6 Å². The first kappa shape index (κ1) is 17.8. The molecule has 0 spiro atoms. The van der Waals surface area contributed by atoms with E-state index in [1.807, 2.05) is 31.1 Å². The number of nitrogens with zero attached hydrogens (tertiary/aromatic N) is 3. The molecule has 0 bridgehead atoms. The van der Waals surface area contributed by atoms with Gasteiger partial charge in [-0.25, -0.2) is 4.39 Å². The Morgan fingerprint density at radius 1 is 1.19 bits per heavy atom. The van der Waals surface area contributed by atoms with Crippen LogP contribution in [0.15, 0.2) is 48.7 Å². The van der Waals surface area contributed by atoms with Crippen molar-refractivity contribution in [2.45, 2.75) is 5.92 Å².